The summed E-state index contributed by atoms with van der Waals surface area (Å²) in [5, 5.41) is 2.99. The molecule has 0 atom stereocenters. The third kappa shape index (κ3) is 3.74. The normalized spacial score (nSPS) is 10.8. The van der Waals surface area contributed by atoms with Crippen LogP contribution in [-0.2, 0) is 6.54 Å². The van der Waals surface area contributed by atoms with E-state index in [0.29, 0.717) is 30.2 Å². The van der Waals surface area contributed by atoms with Crippen LogP contribution in [0.1, 0.15) is 16.2 Å². The lowest BCUT2D eigenvalue weighted by Crippen LogP contribution is -2.27. The maximum Gasteiger partial charge on any atom is 0.255 e. The second kappa shape index (κ2) is 7.96. The quantitative estimate of drug-likeness (QED) is 0.540. The molecule has 0 aliphatic heterocycles. The molecule has 0 saturated heterocycles. The molecule has 5 nitrogen and oxygen atoms in total. The first kappa shape index (κ1) is 17.8. The topological polar surface area (TPSA) is 56.2 Å². The predicted octanol–water partition coefficient (Wildman–Crippen LogP) is 4.57. The number of carbonyl (C=O) groups excluding carboxylic acids is 1. The number of nitrogens with one attached hydrogen (secondary N) is 1. The average Bonchev–Trinajstić information content (AvgIpc) is 3.04. The fourth-order valence-corrected chi connectivity index (χ4v) is 3.21. The molecule has 3 aromatic carbocycles. The number of aromatic nitrogens is 2. The van der Waals surface area contributed by atoms with Gasteiger partial charge in [0.25, 0.3) is 5.91 Å². The van der Waals surface area contributed by atoms with Crippen LogP contribution in [0.5, 0.6) is 11.5 Å². The highest BCUT2D eigenvalue weighted by molar-refractivity contribution is 5.97. The molecule has 0 fully saturated rings. The lowest BCUT2D eigenvalue weighted by molar-refractivity contribution is 0.0950. The standard InChI is InChI=1S/C23H21N3O2/c1-17-25-20-12-6-7-13-21(20)26(17)16-15-24-23(27)19-11-5-8-14-22(19)28-18-9-3-2-4-10-18/h2-14H,15-16H2,1H3,(H,24,27). The molecular formula is C23H21N3O2. The van der Waals surface area contributed by atoms with E-state index >= 15 is 0 Å². The Morgan fingerprint density at radius 1 is 0.964 bits per heavy atom. The summed E-state index contributed by atoms with van der Waals surface area (Å²) in [5.74, 6) is 2.01. The Labute approximate surface area is 163 Å². The van der Waals surface area contributed by atoms with Crippen molar-refractivity contribution in [3.63, 3.8) is 0 Å². The smallest absolute Gasteiger partial charge is 0.255 e. The highest BCUT2D eigenvalue weighted by atomic mass is 16.5. The number of amides is 1. The molecule has 140 valence electrons. The first-order valence-corrected chi connectivity index (χ1v) is 9.24. The highest BCUT2D eigenvalue weighted by Crippen LogP contribution is 2.25. The zero-order chi connectivity index (χ0) is 19.3. The Hall–Kier alpha value is -3.60. The van der Waals surface area contributed by atoms with Crippen LogP contribution in [0, 0.1) is 6.92 Å². The molecule has 1 N–H and O–H groups in total. The second-order valence-electron chi connectivity index (χ2n) is 6.47. The molecule has 0 saturated carbocycles. The van der Waals surface area contributed by atoms with Crippen molar-refractivity contribution in [2.75, 3.05) is 6.54 Å². The van der Waals surface area contributed by atoms with Crippen molar-refractivity contribution >= 4 is 16.9 Å². The Morgan fingerprint density at radius 2 is 1.68 bits per heavy atom. The SMILES string of the molecule is Cc1nc2ccccc2n1CCNC(=O)c1ccccc1Oc1ccccc1. The first-order valence-electron chi connectivity index (χ1n) is 9.24. The zero-order valence-corrected chi connectivity index (χ0v) is 15.6. The fourth-order valence-electron chi connectivity index (χ4n) is 3.21. The monoisotopic (exact) mass is 371 g/mol. The van der Waals surface area contributed by atoms with Crippen LogP contribution >= 0.6 is 0 Å². The lowest BCUT2D eigenvalue weighted by atomic mass is 10.2. The predicted molar refractivity (Wildman–Crippen MR) is 110 cm³/mol. The van der Waals surface area contributed by atoms with Gasteiger partial charge in [-0.3, -0.25) is 4.79 Å². The number of hydrogen-bond acceptors (Lipinski definition) is 3. The van der Waals surface area contributed by atoms with Gasteiger partial charge in [-0.2, -0.15) is 0 Å². The number of ether oxygens (including phenoxy) is 1. The maximum atomic E-state index is 12.7. The van der Waals surface area contributed by atoms with E-state index in [2.05, 4.69) is 14.9 Å². The minimum absolute atomic E-state index is 0.159. The molecular weight excluding hydrogens is 350 g/mol. The van der Waals surface area contributed by atoms with Gasteiger partial charge >= 0.3 is 0 Å². The number of fused-ring (bicyclic) bond motifs is 1. The van der Waals surface area contributed by atoms with Gasteiger partial charge in [-0.15, -0.1) is 0 Å². The van der Waals surface area contributed by atoms with Crippen molar-refractivity contribution in [1.82, 2.24) is 14.9 Å². The highest BCUT2D eigenvalue weighted by Gasteiger charge is 2.13. The molecule has 28 heavy (non-hydrogen) atoms. The Kier molecular flexibility index (Phi) is 5.06. The minimum atomic E-state index is -0.159. The van der Waals surface area contributed by atoms with E-state index in [0.717, 1.165) is 16.9 Å². The maximum absolute atomic E-state index is 12.7. The van der Waals surface area contributed by atoms with Crippen LogP contribution in [0.4, 0.5) is 0 Å². The van der Waals surface area contributed by atoms with E-state index in [-0.39, 0.29) is 5.91 Å². The molecule has 0 spiro atoms. The van der Waals surface area contributed by atoms with E-state index in [9.17, 15) is 4.79 Å². The molecule has 0 bridgehead atoms. The van der Waals surface area contributed by atoms with Crippen LogP contribution < -0.4 is 10.1 Å². The number of hydrogen-bond donors (Lipinski definition) is 1. The molecule has 0 aliphatic rings. The number of carbonyl (C=O) groups is 1. The Morgan fingerprint density at radius 3 is 2.54 bits per heavy atom. The summed E-state index contributed by atoms with van der Waals surface area (Å²) in [6.07, 6.45) is 0. The zero-order valence-electron chi connectivity index (χ0n) is 15.6. The van der Waals surface area contributed by atoms with Crippen molar-refractivity contribution in [1.29, 1.82) is 0 Å². The van der Waals surface area contributed by atoms with Crippen molar-refractivity contribution in [3.05, 3.63) is 90.3 Å². The van der Waals surface area contributed by atoms with Gasteiger partial charge in [0.15, 0.2) is 0 Å². The summed E-state index contributed by atoms with van der Waals surface area (Å²) in [6.45, 7) is 3.13. The van der Waals surface area contributed by atoms with Gasteiger partial charge in [0.1, 0.15) is 17.3 Å². The largest absolute Gasteiger partial charge is 0.457 e. The first-order chi connectivity index (χ1) is 13.7. The van der Waals surface area contributed by atoms with Crippen LogP contribution in [0.25, 0.3) is 11.0 Å². The van der Waals surface area contributed by atoms with E-state index in [1.54, 1.807) is 12.1 Å². The van der Waals surface area contributed by atoms with E-state index in [1.165, 1.54) is 0 Å². The van der Waals surface area contributed by atoms with Crippen LogP contribution in [-0.4, -0.2) is 22.0 Å². The van der Waals surface area contributed by atoms with Gasteiger partial charge in [-0.1, -0.05) is 42.5 Å². The molecule has 0 radical (unpaired) electrons. The van der Waals surface area contributed by atoms with E-state index in [1.807, 2.05) is 73.7 Å². The van der Waals surface area contributed by atoms with Crippen molar-refractivity contribution in [3.8, 4) is 11.5 Å². The summed E-state index contributed by atoms with van der Waals surface area (Å²) < 4.78 is 8.00. The summed E-state index contributed by atoms with van der Waals surface area (Å²) in [6, 6.07) is 24.7. The van der Waals surface area contributed by atoms with E-state index in [4.69, 9.17) is 4.74 Å². The number of benzene rings is 3. The van der Waals surface area contributed by atoms with Gasteiger partial charge < -0.3 is 14.6 Å². The Bertz CT molecular complexity index is 1100. The summed E-state index contributed by atoms with van der Waals surface area (Å²) in [7, 11) is 0. The molecule has 0 unspecified atom stereocenters. The van der Waals surface area contributed by atoms with Gasteiger partial charge in [-0.05, 0) is 43.3 Å². The Balaban J connectivity index is 1.45. The number of para-hydroxylation sites is 4. The van der Waals surface area contributed by atoms with Crippen LogP contribution in [0.15, 0.2) is 78.9 Å². The van der Waals surface area contributed by atoms with Crippen LogP contribution in [0.3, 0.4) is 0 Å². The summed E-state index contributed by atoms with van der Waals surface area (Å²) in [5.41, 5.74) is 2.55. The molecule has 1 heterocycles. The third-order valence-electron chi connectivity index (χ3n) is 4.57. The second-order valence-corrected chi connectivity index (χ2v) is 6.47. The average molecular weight is 371 g/mol. The van der Waals surface area contributed by atoms with Crippen molar-refractivity contribution in [2.24, 2.45) is 0 Å². The summed E-state index contributed by atoms with van der Waals surface area (Å²) >= 11 is 0. The molecule has 4 rings (SSSR count). The fraction of sp³-hybridized carbons (Fsp3) is 0.130. The number of nitrogens with zero attached hydrogens (tertiary/aromatic N) is 2. The van der Waals surface area contributed by atoms with Gasteiger partial charge in [0.05, 0.1) is 16.6 Å². The third-order valence-corrected chi connectivity index (χ3v) is 4.57. The molecule has 5 heteroatoms. The summed E-state index contributed by atoms with van der Waals surface area (Å²) in [4.78, 5) is 17.3. The molecule has 1 amide bonds. The minimum Gasteiger partial charge on any atom is -0.457 e. The van der Waals surface area contributed by atoms with Gasteiger partial charge in [0, 0.05) is 13.1 Å². The lowest BCUT2D eigenvalue weighted by Gasteiger charge is -2.12. The van der Waals surface area contributed by atoms with Gasteiger partial charge in [-0.25, -0.2) is 4.98 Å². The number of rotatable bonds is 6. The van der Waals surface area contributed by atoms with E-state index < -0.39 is 0 Å². The van der Waals surface area contributed by atoms with Crippen molar-refractivity contribution in [2.45, 2.75) is 13.5 Å². The number of aryl methyl sites for hydroxylation is 1. The molecule has 0 aliphatic carbocycles. The number of imidazole rings is 1. The molecule has 4 aromatic rings. The van der Waals surface area contributed by atoms with Gasteiger partial charge in [0.2, 0.25) is 0 Å². The van der Waals surface area contributed by atoms with Crippen LogP contribution in [0.2, 0.25) is 0 Å². The van der Waals surface area contributed by atoms with Crippen molar-refractivity contribution < 1.29 is 9.53 Å². The molecule has 1 aromatic heterocycles.